The van der Waals surface area contributed by atoms with Gasteiger partial charge in [-0.25, -0.2) is 4.79 Å². The molecule has 0 aliphatic carbocycles. The molecule has 0 amide bonds. The van der Waals surface area contributed by atoms with Crippen molar-refractivity contribution in [2.24, 2.45) is 0 Å². The first kappa shape index (κ1) is 25.6. The van der Waals surface area contributed by atoms with Gasteiger partial charge in [-0.15, -0.1) is 0 Å². The van der Waals surface area contributed by atoms with Crippen molar-refractivity contribution < 1.29 is 28.2 Å². The normalized spacial score (nSPS) is 13.2. The topological polar surface area (TPSA) is 87.4 Å². The Hall–Kier alpha value is -3.52. The zero-order valence-corrected chi connectivity index (χ0v) is 21.6. The number of methoxy groups -OCH3 is 2. The molecule has 0 bridgehead atoms. The largest absolute Gasteiger partial charge is 0.493 e. The number of esters is 1. The van der Waals surface area contributed by atoms with Gasteiger partial charge in [-0.05, 0) is 62.9 Å². The summed E-state index contributed by atoms with van der Waals surface area (Å²) in [5, 5.41) is 0.870. The lowest BCUT2D eigenvalue weighted by Gasteiger charge is -2.30. The molecule has 0 saturated carbocycles. The quantitative estimate of drug-likeness (QED) is 0.321. The van der Waals surface area contributed by atoms with Crippen LogP contribution in [0, 0.1) is 13.8 Å². The molecule has 4 rings (SSSR count). The third-order valence-electron chi connectivity index (χ3n) is 6.67. The number of ether oxygens (including phenoxy) is 4. The number of carbonyl (C=O) groups excluding carboxylic acids is 1. The molecule has 2 aromatic carbocycles. The molecule has 0 atom stereocenters. The van der Waals surface area contributed by atoms with E-state index in [4.69, 9.17) is 23.4 Å². The summed E-state index contributed by atoms with van der Waals surface area (Å²) in [6.45, 7) is 7.88. The predicted molar refractivity (Wildman–Crippen MR) is 136 cm³/mol. The van der Waals surface area contributed by atoms with Crippen LogP contribution in [0.1, 0.15) is 41.2 Å². The molecule has 1 aliphatic rings. The lowest BCUT2D eigenvalue weighted by molar-refractivity contribution is -0.143. The van der Waals surface area contributed by atoms with E-state index in [9.17, 15) is 9.59 Å². The van der Waals surface area contributed by atoms with Gasteiger partial charge in [0.25, 0.3) is 0 Å². The minimum absolute atomic E-state index is 0.141. The Bertz CT molecular complexity index is 1330. The fourth-order valence-electron chi connectivity index (χ4n) is 4.71. The first-order chi connectivity index (χ1) is 17.4. The molecule has 192 valence electrons. The molecule has 1 aromatic heterocycles. The van der Waals surface area contributed by atoms with Gasteiger partial charge >= 0.3 is 11.6 Å². The Morgan fingerprint density at radius 1 is 1.06 bits per heavy atom. The van der Waals surface area contributed by atoms with Gasteiger partial charge in [-0.1, -0.05) is 6.07 Å². The van der Waals surface area contributed by atoms with E-state index in [2.05, 4.69) is 4.90 Å². The molecule has 0 saturated heterocycles. The lowest BCUT2D eigenvalue weighted by Crippen LogP contribution is -2.34. The molecule has 3 aromatic rings. The van der Waals surface area contributed by atoms with Crippen LogP contribution in [0.3, 0.4) is 0 Å². The summed E-state index contributed by atoms with van der Waals surface area (Å²) in [5.41, 5.74) is 4.48. The van der Waals surface area contributed by atoms with Gasteiger partial charge in [0.1, 0.15) is 18.1 Å². The number of rotatable bonds is 9. The summed E-state index contributed by atoms with van der Waals surface area (Å²) < 4.78 is 27.6. The molecule has 0 unspecified atom stereocenters. The van der Waals surface area contributed by atoms with Crippen LogP contribution in [0.2, 0.25) is 0 Å². The second kappa shape index (κ2) is 11.0. The molecule has 0 fully saturated rings. The molecular formula is C28H33NO7. The first-order valence-corrected chi connectivity index (χ1v) is 12.2. The smallest absolute Gasteiger partial charge is 0.339 e. The molecule has 1 aliphatic heterocycles. The Morgan fingerprint density at radius 3 is 2.56 bits per heavy atom. The van der Waals surface area contributed by atoms with Crippen LogP contribution in [-0.2, 0) is 28.9 Å². The average Bonchev–Trinajstić information content (AvgIpc) is 2.88. The van der Waals surface area contributed by atoms with Gasteiger partial charge in [0, 0.05) is 41.6 Å². The van der Waals surface area contributed by atoms with E-state index < -0.39 is 5.63 Å². The third-order valence-corrected chi connectivity index (χ3v) is 6.67. The Balaban J connectivity index is 1.55. The van der Waals surface area contributed by atoms with E-state index in [-0.39, 0.29) is 18.8 Å². The Labute approximate surface area is 210 Å². The van der Waals surface area contributed by atoms with Crippen LogP contribution in [0.5, 0.6) is 17.2 Å². The second-order valence-electron chi connectivity index (χ2n) is 8.93. The van der Waals surface area contributed by atoms with Gasteiger partial charge in [0.15, 0.2) is 11.5 Å². The van der Waals surface area contributed by atoms with Crippen LogP contribution in [0.25, 0.3) is 11.0 Å². The van der Waals surface area contributed by atoms with Crippen molar-refractivity contribution in [2.75, 3.05) is 34.1 Å². The number of nitrogens with zero attached hydrogens (tertiary/aromatic N) is 1. The van der Waals surface area contributed by atoms with Gasteiger partial charge in [0.2, 0.25) is 0 Å². The molecule has 8 nitrogen and oxygen atoms in total. The number of benzene rings is 2. The maximum atomic E-state index is 12.7. The molecule has 8 heteroatoms. The van der Waals surface area contributed by atoms with Gasteiger partial charge < -0.3 is 23.4 Å². The monoisotopic (exact) mass is 495 g/mol. The highest BCUT2D eigenvalue weighted by Crippen LogP contribution is 2.36. The number of aryl methyl sites for hydroxylation is 2. The molecular weight excluding hydrogens is 462 g/mol. The van der Waals surface area contributed by atoms with Crippen LogP contribution in [0.15, 0.2) is 33.5 Å². The summed E-state index contributed by atoms with van der Waals surface area (Å²) in [4.78, 5) is 26.8. The minimum atomic E-state index is -0.417. The van der Waals surface area contributed by atoms with Gasteiger partial charge in [-0.2, -0.15) is 0 Å². The Kier molecular flexibility index (Phi) is 7.84. The maximum absolute atomic E-state index is 12.7. The van der Waals surface area contributed by atoms with E-state index in [0.717, 1.165) is 52.9 Å². The first-order valence-electron chi connectivity index (χ1n) is 12.2. The fourth-order valence-corrected chi connectivity index (χ4v) is 4.71. The summed E-state index contributed by atoms with van der Waals surface area (Å²) in [6, 6.07) is 8.01. The summed E-state index contributed by atoms with van der Waals surface area (Å²) in [5.74, 6) is 1.87. The molecule has 0 N–H and O–H groups in total. The van der Waals surface area contributed by atoms with E-state index in [1.54, 1.807) is 21.1 Å². The van der Waals surface area contributed by atoms with E-state index in [0.29, 0.717) is 36.0 Å². The SMILES string of the molecule is CCOC(=O)CCc1c(C)c2cc3c(c(C)c2oc1=O)OCN(CCc1ccc(OC)c(OC)c1)C3. The predicted octanol–water partition coefficient (Wildman–Crippen LogP) is 4.32. The second-order valence-corrected chi connectivity index (χ2v) is 8.93. The molecule has 0 radical (unpaired) electrons. The minimum Gasteiger partial charge on any atom is -0.493 e. The van der Waals surface area contributed by atoms with Crippen molar-refractivity contribution in [1.82, 2.24) is 4.90 Å². The number of hydrogen-bond acceptors (Lipinski definition) is 8. The van der Waals surface area contributed by atoms with Gasteiger partial charge in [0.05, 0.1) is 20.8 Å². The number of carbonyl (C=O) groups is 1. The van der Waals surface area contributed by atoms with Crippen molar-refractivity contribution in [2.45, 2.75) is 46.6 Å². The fraction of sp³-hybridized carbons (Fsp3) is 0.429. The number of fused-ring (bicyclic) bond motifs is 2. The van der Waals surface area contributed by atoms with Crippen LogP contribution >= 0.6 is 0 Å². The molecule has 2 heterocycles. The zero-order valence-electron chi connectivity index (χ0n) is 21.6. The average molecular weight is 496 g/mol. The van der Waals surface area contributed by atoms with Crippen molar-refractivity contribution in [1.29, 1.82) is 0 Å². The van der Waals surface area contributed by atoms with E-state index in [1.807, 2.05) is 38.1 Å². The molecule has 36 heavy (non-hydrogen) atoms. The third kappa shape index (κ3) is 5.18. The van der Waals surface area contributed by atoms with E-state index in [1.165, 1.54) is 0 Å². The highest BCUT2D eigenvalue weighted by Gasteiger charge is 2.24. The van der Waals surface area contributed by atoms with Crippen LogP contribution < -0.4 is 19.8 Å². The zero-order chi connectivity index (χ0) is 25.8. The van der Waals surface area contributed by atoms with Crippen molar-refractivity contribution in [3.63, 3.8) is 0 Å². The van der Waals surface area contributed by atoms with E-state index >= 15 is 0 Å². The number of hydrogen-bond donors (Lipinski definition) is 0. The van der Waals surface area contributed by atoms with Crippen LogP contribution in [-0.4, -0.2) is 45.0 Å². The summed E-state index contributed by atoms with van der Waals surface area (Å²) >= 11 is 0. The summed E-state index contributed by atoms with van der Waals surface area (Å²) in [6.07, 6.45) is 1.26. The highest BCUT2D eigenvalue weighted by molar-refractivity contribution is 5.87. The summed E-state index contributed by atoms with van der Waals surface area (Å²) in [7, 11) is 3.26. The lowest BCUT2D eigenvalue weighted by atomic mass is 9.97. The standard InChI is InChI=1S/C28H33NO7/c1-6-34-25(30)10-8-21-17(2)22-14-20-15-29(16-35-26(20)18(3)27(22)36-28(21)31)12-11-19-7-9-23(32-4)24(13-19)33-5/h7,9,13-14H,6,8,10-12,15-16H2,1-5H3. The Morgan fingerprint density at radius 2 is 1.83 bits per heavy atom. The van der Waals surface area contributed by atoms with Crippen molar-refractivity contribution in [3.05, 3.63) is 62.5 Å². The highest BCUT2D eigenvalue weighted by atomic mass is 16.5. The van der Waals surface area contributed by atoms with Gasteiger partial charge in [-0.3, -0.25) is 9.69 Å². The molecule has 0 spiro atoms. The van der Waals surface area contributed by atoms with Crippen molar-refractivity contribution in [3.8, 4) is 17.2 Å². The maximum Gasteiger partial charge on any atom is 0.339 e. The van der Waals surface area contributed by atoms with Crippen LogP contribution in [0.4, 0.5) is 0 Å². The van der Waals surface area contributed by atoms with Crippen molar-refractivity contribution >= 4 is 16.9 Å².